The molecule has 0 radical (unpaired) electrons. The van der Waals surface area contributed by atoms with E-state index < -0.39 is 24.5 Å². The number of benzene rings is 2. The topological polar surface area (TPSA) is 108 Å². The van der Waals surface area contributed by atoms with E-state index >= 15 is 0 Å². The number of hydrogen-bond acceptors (Lipinski definition) is 5. The number of nitrogens with one attached hydrogen (secondary N) is 2. The molecule has 0 fully saturated rings. The van der Waals surface area contributed by atoms with Gasteiger partial charge in [-0.1, -0.05) is 23.8 Å². The Balaban J connectivity index is 1.85. The summed E-state index contributed by atoms with van der Waals surface area (Å²) in [6.45, 7) is 3.15. The SMILES string of the molecule is Cc1ccc(NC(=O)NC(=O)COC(=O)c2cccc(C#N)c2)c(C)c1. The summed E-state index contributed by atoms with van der Waals surface area (Å²) in [5.41, 5.74) is 2.94. The fourth-order valence-corrected chi connectivity index (χ4v) is 2.20. The molecule has 0 unspecified atom stereocenters. The summed E-state index contributed by atoms with van der Waals surface area (Å²) in [7, 11) is 0. The van der Waals surface area contributed by atoms with Gasteiger partial charge >= 0.3 is 12.0 Å². The van der Waals surface area contributed by atoms with Crippen molar-refractivity contribution in [1.29, 1.82) is 5.26 Å². The van der Waals surface area contributed by atoms with Gasteiger partial charge < -0.3 is 10.1 Å². The molecule has 2 aromatic carbocycles. The van der Waals surface area contributed by atoms with Crippen molar-refractivity contribution < 1.29 is 19.1 Å². The Hall–Kier alpha value is -3.66. The molecule has 0 aliphatic heterocycles. The Morgan fingerprint density at radius 3 is 2.58 bits per heavy atom. The molecular weight excluding hydrogens is 334 g/mol. The van der Waals surface area contributed by atoms with E-state index in [2.05, 4.69) is 10.6 Å². The van der Waals surface area contributed by atoms with Crippen molar-refractivity contribution in [2.45, 2.75) is 13.8 Å². The van der Waals surface area contributed by atoms with Gasteiger partial charge in [0.25, 0.3) is 5.91 Å². The molecule has 7 heteroatoms. The summed E-state index contributed by atoms with van der Waals surface area (Å²) in [4.78, 5) is 35.4. The molecule has 7 nitrogen and oxygen atoms in total. The number of amides is 3. The second-order valence-corrected chi connectivity index (χ2v) is 5.59. The van der Waals surface area contributed by atoms with Gasteiger partial charge in [-0.2, -0.15) is 5.26 Å². The molecule has 0 saturated heterocycles. The van der Waals surface area contributed by atoms with Crippen molar-refractivity contribution in [3.8, 4) is 6.07 Å². The van der Waals surface area contributed by atoms with Crippen LogP contribution in [0.2, 0.25) is 0 Å². The lowest BCUT2D eigenvalue weighted by molar-refractivity contribution is -0.123. The predicted octanol–water partition coefficient (Wildman–Crippen LogP) is 2.68. The molecule has 0 atom stereocenters. The average Bonchev–Trinajstić information content (AvgIpc) is 2.62. The number of urea groups is 1. The first kappa shape index (κ1) is 18.7. The third kappa shape index (κ3) is 5.18. The van der Waals surface area contributed by atoms with Crippen LogP contribution in [0.1, 0.15) is 27.0 Å². The highest BCUT2D eigenvalue weighted by Gasteiger charge is 2.13. The number of nitrogens with zero attached hydrogens (tertiary/aromatic N) is 1. The van der Waals surface area contributed by atoms with Gasteiger partial charge in [-0.25, -0.2) is 9.59 Å². The van der Waals surface area contributed by atoms with E-state index in [1.807, 2.05) is 32.0 Å². The minimum absolute atomic E-state index is 0.150. The van der Waals surface area contributed by atoms with Crippen molar-refractivity contribution >= 4 is 23.6 Å². The highest BCUT2D eigenvalue weighted by Crippen LogP contribution is 2.15. The number of hydrogen-bond donors (Lipinski definition) is 2. The molecule has 26 heavy (non-hydrogen) atoms. The van der Waals surface area contributed by atoms with E-state index in [9.17, 15) is 14.4 Å². The molecule has 0 heterocycles. The fraction of sp³-hybridized carbons (Fsp3) is 0.158. The normalized spacial score (nSPS) is 9.73. The lowest BCUT2D eigenvalue weighted by atomic mass is 10.1. The van der Waals surface area contributed by atoms with Crippen LogP contribution in [-0.2, 0) is 9.53 Å². The standard InChI is InChI=1S/C19H17N3O4/c1-12-6-7-16(13(2)8-12)21-19(25)22-17(23)11-26-18(24)15-5-3-4-14(9-15)10-20/h3-9H,11H2,1-2H3,(H2,21,22,23,25). The number of carbonyl (C=O) groups excluding carboxylic acids is 3. The molecule has 0 bridgehead atoms. The zero-order chi connectivity index (χ0) is 19.1. The van der Waals surface area contributed by atoms with Crippen LogP contribution in [0.4, 0.5) is 10.5 Å². The largest absolute Gasteiger partial charge is 0.452 e. The number of carbonyl (C=O) groups is 3. The molecular formula is C19H17N3O4. The van der Waals surface area contributed by atoms with Gasteiger partial charge in [0.1, 0.15) is 0 Å². The summed E-state index contributed by atoms with van der Waals surface area (Å²) >= 11 is 0. The van der Waals surface area contributed by atoms with Gasteiger partial charge in [-0.05, 0) is 43.7 Å². The number of ether oxygens (including phenoxy) is 1. The van der Waals surface area contributed by atoms with Gasteiger partial charge in [-0.15, -0.1) is 0 Å². The monoisotopic (exact) mass is 351 g/mol. The maximum absolute atomic E-state index is 11.9. The quantitative estimate of drug-likeness (QED) is 0.823. The van der Waals surface area contributed by atoms with E-state index in [1.165, 1.54) is 18.2 Å². The molecule has 0 spiro atoms. The van der Waals surface area contributed by atoms with Crippen LogP contribution in [0.15, 0.2) is 42.5 Å². The summed E-state index contributed by atoms with van der Waals surface area (Å²) in [5, 5.41) is 13.4. The second kappa shape index (κ2) is 8.44. The molecule has 0 aliphatic rings. The van der Waals surface area contributed by atoms with Crippen molar-refractivity contribution in [2.24, 2.45) is 0 Å². The molecule has 2 N–H and O–H groups in total. The molecule has 2 aromatic rings. The highest BCUT2D eigenvalue weighted by atomic mass is 16.5. The van der Waals surface area contributed by atoms with Crippen molar-refractivity contribution in [3.63, 3.8) is 0 Å². The molecule has 0 aliphatic carbocycles. The zero-order valence-corrected chi connectivity index (χ0v) is 14.3. The Kier molecular flexibility index (Phi) is 6.06. The van der Waals surface area contributed by atoms with Crippen LogP contribution in [0.3, 0.4) is 0 Å². The van der Waals surface area contributed by atoms with Gasteiger partial charge in [0.15, 0.2) is 6.61 Å². The van der Waals surface area contributed by atoms with Crippen LogP contribution in [-0.4, -0.2) is 24.5 Å². The van der Waals surface area contributed by atoms with Gasteiger partial charge in [0, 0.05) is 5.69 Å². The minimum Gasteiger partial charge on any atom is -0.452 e. The van der Waals surface area contributed by atoms with E-state index in [4.69, 9.17) is 10.00 Å². The third-order valence-corrected chi connectivity index (χ3v) is 3.44. The first-order chi connectivity index (χ1) is 12.4. The Morgan fingerprint density at radius 2 is 1.88 bits per heavy atom. The van der Waals surface area contributed by atoms with E-state index in [1.54, 1.807) is 12.1 Å². The van der Waals surface area contributed by atoms with Gasteiger partial charge in [0.05, 0.1) is 17.2 Å². The van der Waals surface area contributed by atoms with Crippen LogP contribution < -0.4 is 10.6 Å². The number of anilines is 1. The molecule has 2 rings (SSSR count). The van der Waals surface area contributed by atoms with Crippen LogP contribution in [0, 0.1) is 25.2 Å². The zero-order valence-electron chi connectivity index (χ0n) is 14.3. The summed E-state index contributed by atoms with van der Waals surface area (Å²) < 4.78 is 4.84. The smallest absolute Gasteiger partial charge is 0.338 e. The van der Waals surface area contributed by atoms with E-state index in [0.717, 1.165) is 11.1 Å². The predicted molar refractivity (Wildman–Crippen MR) is 94.5 cm³/mol. The summed E-state index contributed by atoms with van der Waals surface area (Å²) in [6, 6.07) is 12.5. The van der Waals surface area contributed by atoms with Gasteiger partial charge in [-0.3, -0.25) is 10.1 Å². The molecule has 0 aromatic heterocycles. The number of esters is 1. The maximum atomic E-state index is 11.9. The van der Waals surface area contributed by atoms with E-state index in [-0.39, 0.29) is 5.56 Å². The number of nitriles is 1. The van der Waals surface area contributed by atoms with Crippen molar-refractivity contribution in [1.82, 2.24) is 5.32 Å². The van der Waals surface area contributed by atoms with E-state index in [0.29, 0.717) is 11.3 Å². The summed E-state index contributed by atoms with van der Waals surface area (Å²) in [6.07, 6.45) is 0. The molecule has 132 valence electrons. The first-order valence-electron chi connectivity index (χ1n) is 7.74. The number of aryl methyl sites for hydroxylation is 2. The lowest BCUT2D eigenvalue weighted by Crippen LogP contribution is -2.37. The Labute approximate surface area is 150 Å². The Morgan fingerprint density at radius 1 is 1.12 bits per heavy atom. The number of rotatable bonds is 4. The van der Waals surface area contributed by atoms with Gasteiger partial charge in [0.2, 0.25) is 0 Å². The molecule has 3 amide bonds. The Bertz CT molecular complexity index is 900. The first-order valence-corrected chi connectivity index (χ1v) is 7.74. The van der Waals surface area contributed by atoms with Crippen LogP contribution in [0.5, 0.6) is 0 Å². The minimum atomic E-state index is -0.767. The molecule has 0 saturated carbocycles. The van der Waals surface area contributed by atoms with Crippen LogP contribution in [0.25, 0.3) is 0 Å². The third-order valence-electron chi connectivity index (χ3n) is 3.44. The highest BCUT2D eigenvalue weighted by molar-refractivity contribution is 6.02. The van der Waals surface area contributed by atoms with Crippen LogP contribution >= 0.6 is 0 Å². The van der Waals surface area contributed by atoms with Crippen molar-refractivity contribution in [3.05, 3.63) is 64.7 Å². The maximum Gasteiger partial charge on any atom is 0.338 e. The number of imide groups is 1. The second-order valence-electron chi connectivity index (χ2n) is 5.59. The van der Waals surface area contributed by atoms with Crippen molar-refractivity contribution in [2.75, 3.05) is 11.9 Å². The summed E-state index contributed by atoms with van der Waals surface area (Å²) in [5.74, 6) is -1.52. The fourth-order valence-electron chi connectivity index (χ4n) is 2.20. The lowest BCUT2D eigenvalue weighted by Gasteiger charge is -2.10. The average molecular weight is 351 g/mol.